The summed E-state index contributed by atoms with van der Waals surface area (Å²) in [6.07, 6.45) is 1.85. The van der Waals surface area contributed by atoms with Gasteiger partial charge in [-0.05, 0) is 64.0 Å². The van der Waals surface area contributed by atoms with Gasteiger partial charge in [-0.2, -0.15) is 0 Å². The van der Waals surface area contributed by atoms with E-state index in [0.717, 1.165) is 36.0 Å². The molecule has 2 aromatic heterocycles. The van der Waals surface area contributed by atoms with Gasteiger partial charge in [-0.1, -0.05) is 31.2 Å². The number of aryl methyl sites for hydroxylation is 1. The third kappa shape index (κ3) is 3.56. The number of nitrogens with one attached hydrogen (secondary N) is 1. The van der Waals surface area contributed by atoms with E-state index in [1.54, 1.807) is 11.8 Å². The van der Waals surface area contributed by atoms with Gasteiger partial charge in [0.15, 0.2) is 5.82 Å². The van der Waals surface area contributed by atoms with Crippen molar-refractivity contribution in [3.8, 4) is 0 Å². The first kappa shape index (κ1) is 20.4. The first-order valence-corrected chi connectivity index (χ1v) is 10.9. The minimum Gasteiger partial charge on any atom is -0.383 e. The largest absolute Gasteiger partial charge is 0.383 e. The highest BCUT2D eigenvalue weighted by Crippen LogP contribution is 2.37. The Morgan fingerprint density at radius 2 is 2.06 bits per heavy atom. The topological polar surface area (TPSA) is 88.9 Å². The second-order valence-electron chi connectivity index (χ2n) is 8.06. The van der Waals surface area contributed by atoms with Gasteiger partial charge in [0.25, 0.3) is 5.56 Å². The Labute approximate surface area is 185 Å². The molecular weight excluding hydrogens is 404 g/mol. The van der Waals surface area contributed by atoms with Crippen LogP contribution >= 0.6 is 0 Å². The molecule has 1 N–H and O–H groups in total. The Morgan fingerprint density at radius 3 is 2.91 bits per heavy atom. The number of H-pyrrole nitrogens is 1. The second-order valence-corrected chi connectivity index (χ2v) is 8.06. The van der Waals surface area contributed by atoms with E-state index < -0.39 is 6.04 Å². The number of aromatic nitrogens is 5. The molecule has 3 heterocycles. The van der Waals surface area contributed by atoms with Crippen LogP contribution in [0.5, 0.6) is 0 Å². The van der Waals surface area contributed by atoms with Gasteiger partial charge in [0.1, 0.15) is 6.04 Å². The van der Waals surface area contributed by atoms with Gasteiger partial charge in [0, 0.05) is 30.4 Å². The molecule has 0 amide bonds. The van der Waals surface area contributed by atoms with E-state index >= 15 is 0 Å². The number of aromatic amines is 1. The SMILES string of the molecule is CCc1ccc2[nH]c(=O)c([C@@H](c3nnnn3CCOC)N3CCc4ccccc43)cc2c1. The number of pyridine rings is 1. The maximum absolute atomic E-state index is 13.3. The molecule has 0 saturated heterocycles. The molecule has 1 aliphatic heterocycles. The van der Waals surface area contributed by atoms with Gasteiger partial charge in [0.05, 0.1) is 13.2 Å². The predicted molar refractivity (Wildman–Crippen MR) is 123 cm³/mol. The molecule has 164 valence electrons. The molecule has 2 aromatic carbocycles. The Balaban J connectivity index is 1.70. The summed E-state index contributed by atoms with van der Waals surface area (Å²) in [6.45, 7) is 3.90. The van der Waals surface area contributed by atoms with E-state index in [-0.39, 0.29) is 5.56 Å². The molecular formula is C24H26N6O2. The maximum Gasteiger partial charge on any atom is 0.254 e. The molecule has 0 saturated carbocycles. The van der Waals surface area contributed by atoms with Crippen molar-refractivity contribution in [1.82, 2.24) is 25.2 Å². The Bertz CT molecular complexity index is 1310. The number of methoxy groups -OCH3 is 1. The quantitative estimate of drug-likeness (QED) is 0.485. The van der Waals surface area contributed by atoms with Crippen molar-refractivity contribution in [2.75, 3.05) is 25.2 Å². The van der Waals surface area contributed by atoms with Crippen LogP contribution in [0.4, 0.5) is 5.69 Å². The van der Waals surface area contributed by atoms with Crippen LogP contribution in [0.1, 0.15) is 35.5 Å². The van der Waals surface area contributed by atoms with Crippen LogP contribution < -0.4 is 10.5 Å². The minimum absolute atomic E-state index is 0.127. The van der Waals surface area contributed by atoms with E-state index in [1.807, 2.05) is 18.2 Å². The zero-order valence-corrected chi connectivity index (χ0v) is 18.3. The number of anilines is 1. The number of para-hydroxylation sites is 1. The molecule has 0 spiro atoms. The van der Waals surface area contributed by atoms with Crippen molar-refractivity contribution in [2.24, 2.45) is 0 Å². The van der Waals surface area contributed by atoms with Crippen molar-refractivity contribution in [3.63, 3.8) is 0 Å². The summed E-state index contributed by atoms with van der Waals surface area (Å²) in [5.41, 5.74) is 4.94. The zero-order chi connectivity index (χ0) is 22.1. The van der Waals surface area contributed by atoms with E-state index in [4.69, 9.17) is 4.74 Å². The van der Waals surface area contributed by atoms with Crippen molar-refractivity contribution in [2.45, 2.75) is 32.4 Å². The van der Waals surface area contributed by atoms with Gasteiger partial charge in [-0.3, -0.25) is 4.79 Å². The van der Waals surface area contributed by atoms with Crippen LogP contribution in [0.2, 0.25) is 0 Å². The molecule has 0 bridgehead atoms. The van der Waals surface area contributed by atoms with Gasteiger partial charge in [0.2, 0.25) is 0 Å². The molecule has 1 atom stereocenters. The summed E-state index contributed by atoms with van der Waals surface area (Å²) in [5.74, 6) is 0.634. The third-order valence-corrected chi connectivity index (χ3v) is 6.19. The molecule has 4 aromatic rings. The van der Waals surface area contributed by atoms with Gasteiger partial charge in [-0.25, -0.2) is 4.68 Å². The number of fused-ring (bicyclic) bond motifs is 2. The summed E-state index contributed by atoms with van der Waals surface area (Å²) in [5, 5.41) is 13.5. The molecule has 8 nitrogen and oxygen atoms in total. The first-order valence-electron chi connectivity index (χ1n) is 10.9. The predicted octanol–water partition coefficient (Wildman–Crippen LogP) is 2.88. The lowest BCUT2D eigenvalue weighted by molar-refractivity contribution is 0.181. The highest BCUT2D eigenvalue weighted by Gasteiger charge is 2.34. The number of nitrogens with zero attached hydrogens (tertiary/aromatic N) is 5. The fraction of sp³-hybridized carbons (Fsp3) is 0.333. The molecule has 0 unspecified atom stereocenters. The summed E-state index contributed by atoms with van der Waals surface area (Å²) in [6, 6.07) is 16.1. The molecule has 0 aliphatic carbocycles. The van der Waals surface area contributed by atoms with E-state index in [1.165, 1.54) is 11.1 Å². The number of hydrogen-bond acceptors (Lipinski definition) is 6. The summed E-state index contributed by atoms with van der Waals surface area (Å²) < 4.78 is 6.98. The van der Waals surface area contributed by atoms with E-state index in [9.17, 15) is 4.79 Å². The fourth-order valence-electron chi connectivity index (χ4n) is 4.52. The zero-order valence-electron chi connectivity index (χ0n) is 18.3. The van der Waals surface area contributed by atoms with Crippen molar-refractivity contribution in [1.29, 1.82) is 0 Å². The molecule has 5 rings (SSSR count). The number of hydrogen-bond donors (Lipinski definition) is 1. The van der Waals surface area contributed by atoms with Gasteiger partial charge >= 0.3 is 0 Å². The molecule has 32 heavy (non-hydrogen) atoms. The summed E-state index contributed by atoms with van der Waals surface area (Å²) in [7, 11) is 1.65. The van der Waals surface area contributed by atoms with Gasteiger partial charge in [-0.15, -0.1) is 5.10 Å². The van der Waals surface area contributed by atoms with Crippen LogP contribution in [0.15, 0.2) is 53.3 Å². The highest BCUT2D eigenvalue weighted by atomic mass is 16.5. The standard InChI is InChI=1S/C24H26N6O2/c1-3-16-8-9-20-18(14-16)15-19(24(31)25-20)22(23-26-27-28-30(23)12-13-32-2)29-11-10-17-6-4-5-7-21(17)29/h4-9,14-15,22H,3,10-13H2,1-2H3,(H,25,31)/t22-/m0/s1. The third-order valence-electron chi connectivity index (χ3n) is 6.19. The minimum atomic E-state index is -0.413. The second kappa shape index (κ2) is 8.55. The summed E-state index contributed by atoms with van der Waals surface area (Å²) >= 11 is 0. The van der Waals surface area contributed by atoms with E-state index in [0.29, 0.717) is 24.5 Å². The Morgan fingerprint density at radius 1 is 1.19 bits per heavy atom. The average molecular weight is 431 g/mol. The maximum atomic E-state index is 13.3. The average Bonchev–Trinajstić information content (AvgIpc) is 3.46. The number of rotatable bonds is 7. The highest BCUT2D eigenvalue weighted by molar-refractivity contribution is 5.80. The lowest BCUT2D eigenvalue weighted by Gasteiger charge is -2.29. The Hall–Kier alpha value is -3.52. The Kier molecular flexibility index (Phi) is 5.45. The normalized spacial score (nSPS) is 14.1. The van der Waals surface area contributed by atoms with E-state index in [2.05, 4.69) is 62.7 Å². The van der Waals surface area contributed by atoms with Crippen molar-refractivity contribution >= 4 is 16.6 Å². The van der Waals surface area contributed by atoms with Crippen molar-refractivity contribution < 1.29 is 4.74 Å². The first-order chi connectivity index (χ1) is 15.7. The monoisotopic (exact) mass is 430 g/mol. The molecule has 0 radical (unpaired) electrons. The lowest BCUT2D eigenvalue weighted by atomic mass is 10.0. The van der Waals surface area contributed by atoms with Crippen LogP contribution in [0.3, 0.4) is 0 Å². The fourth-order valence-corrected chi connectivity index (χ4v) is 4.52. The smallest absolute Gasteiger partial charge is 0.254 e. The number of benzene rings is 2. The van der Waals surface area contributed by atoms with Gasteiger partial charge < -0.3 is 14.6 Å². The summed E-state index contributed by atoms with van der Waals surface area (Å²) in [4.78, 5) is 18.7. The van der Waals surface area contributed by atoms with Crippen LogP contribution in [0.25, 0.3) is 10.9 Å². The number of ether oxygens (including phenoxy) is 1. The van der Waals surface area contributed by atoms with Crippen molar-refractivity contribution in [3.05, 3.63) is 81.4 Å². The molecule has 8 heteroatoms. The van der Waals surface area contributed by atoms with Crippen LogP contribution in [-0.4, -0.2) is 45.5 Å². The number of tetrazole rings is 1. The van der Waals surface area contributed by atoms with Crippen LogP contribution in [0, 0.1) is 0 Å². The molecule has 0 fully saturated rings. The molecule has 1 aliphatic rings. The lowest BCUT2D eigenvalue weighted by Crippen LogP contribution is -2.34. The van der Waals surface area contributed by atoms with Crippen LogP contribution in [-0.2, 0) is 24.1 Å².